The monoisotopic (exact) mass is 954 g/mol. The zero-order chi connectivity index (χ0) is 46.3. The summed E-state index contributed by atoms with van der Waals surface area (Å²) in [7, 11) is 3.46. The van der Waals surface area contributed by atoms with Crippen LogP contribution < -0.4 is 20.5 Å². The normalized spacial score (nSPS) is 33.2. The molecule has 68 heavy (non-hydrogen) atoms. The lowest BCUT2D eigenvalue weighted by atomic mass is 9.61. The molecule has 11 nitrogen and oxygen atoms in total. The number of carbonyl (C=O) groups excluding carboxylic acids is 1. The third-order valence-corrected chi connectivity index (χ3v) is 20.0. The van der Waals surface area contributed by atoms with Crippen molar-refractivity contribution in [2.75, 3.05) is 18.8 Å². The average molecular weight is 955 g/mol. The van der Waals surface area contributed by atoms with E-state index in [9.17, 15) is 25.2 Å². The summed E-state index contributed by atoms with van der Waals surface area (Å²) in [5.74, 6) is 12.3. The van der Waals surface area contributed by atoms with Gasteiger partial charge in [0, 0.05) is 83.3 Å². The number of aromatic hydroxyl groups is 1. The van der Waals surface area contributed by atoms with E-state index in [1.54, 1.807) is 27.7 Å². The van der Waals surface area contributed by atoms with Crippen molar-refractivity contribution in [3.63, 3.8) is 0 Å². The van der Waals surface area contributed by atoms with Crippen LogP contribution in [-0.4, -0.2) is 74.1 Å². The quantitative estimate of drug-likeness (QED) is 0.0904. The van der Waals surface area contributed by atoms with Crippen molar-refractivity contribution in [2.45, 2.75) is 144 Å². The Kier molecular flexibility index (Phi) is 11.8. The number of phenolic OH excluding ortho intramolecular Hbond substituents is 1. The molecule has 0 saturated heterocycles. The minimum atomic E-state index is -1.08. The number of Topliss-reactive ketones (excluding diaryl/α,β-unsaturated/α-hetero) is 1. The van der Waals surface area contributed by atoms with Gasteiger partial charge in [0.1, 0.15) is 23.7 Å². The lowest BCUT2D eigenvalue weighted by Crippen LogP contribution is -2.52. The summed E-state index contributed by atoms with van der Waals surface area (Å²) in [6, 6.07) is 5.72. The topological polar surface area (TPSA) is 170 Å². The second kappa shape index (κ2) is 17.9. The molecule has 10 atom stereocenters. The number of hydrogen-bond donors (Lipinski definition) is 6. The van der Waals surface area contributed by atoms with E-state index in [1.807, 2.05) is 18.3 Å². The predicted molar refractivity (Wildman–Crippen MR) is 264 cm³/mol. The van der Waals surface area contributed by atoms with Gasteiger partial charge in [-0.2, -0.15) is 0 Å². The van der Waals surface area contributed by atoms with Crippen LogP contribution in [0.4, 0.5) is 0 Å². The highest BCUT2D eigenvalue weighted by Crippen LogP contribution is 2.57. The number of ketones is 1. The number of aliphatic imine (C=N–C) groups is 1. The molecule has 2 spiro atoms. The molecule has 7 N–H and O–H groups in total. The number of fused-ring (bicyclic) bond motifs is 2. The molecule has 8 heterocycles. The Morgan fingerprint density at radius 3 is 2.72 bits per heavy atom. The first kappa shape index (κ1) is 45.0. The van der Waals surface area contributed by atoms with E-state index >= 15 is 0 Å². The molecule has 2 aromatic carbocycles. The van der Waals surface area contributed by atoms with Gasteiger partial charge in [0.15, 0.2) is 17.7 Å². The molecule has 0 aromatic heterocycles. The van der Waals surface area contributed by atoms with Crippen molar-refractivity contribution in [1.82, 2.24) is 10.2 Å². The number of nitrogens with two attached hydrogens (primary N) is 1. The molecule has 0 radical (unpaired) electrons. The molecular formula is C55H62N4O7S2. The van der Waals surface area contributed by atoms with Crippen LogP contribution in [0.2, 0.25) is 0 Å². The summed E-state index contributed by atoms with van der Waals surface area (Å²) in [6.07, 6.45) is 19.8. The van der Waals surface area contributed by atoms with Crippen LogP contribution >= 0.6 is 21.6 Å². The van der Waals surface area contributed by atoms with Crippen LogP contribution in [0.15, 0.2) is 58.9 Å². The zero-order valence-corrected chi connectivity index (χ0v) is 40.2. The molecule has 12 aliphatic rings. The second-order valence-corrected chi connectivity index (χ2v) is 23.8. The van der Waals surface area contributed by atoms with E-state index in [1.165, 1.54) is 37.7 Å². The molecule has 8 aliphatic heterocycles. The number of allylic oxidation sites excluding steroid dienone is 2. The third-order valence-electron chi connectivity index (χ3n) is 17.5. The lowest BCUT2D eigenvalue weighted by Gasteiger charge is -2.49. The van der Waals surface area contributed by atoms with Crippen molar-refractivity contribution >= 4 is 33.1 Å². The fourth-order valence-electron chi connectivity index (χ4n) is 13.9. The summed E-state index contributed by atoms with van der Waals surface area (Å²) in [5, 5.41) is 50.8. The molecule has 0 amide bonds. The highest BCUT2D eigenvalue weighted by Gasteiger charge is 2.52. The van der Waals surface area contributed by atoms with Gasteiger partial charge in [-0.15, -0.1) is 0 Å². The van der Waals surface area contributed by atoms with Crippen LogP contribution in [0.1, 0.15) is 141 Å². The van der Waals surface area contributed by atoms with Gasteiger partial charge in [0.05, 0.1) is 42.0 Å². The number of aliphatic hydroxyl groups excluding tert-OH is 3. The summed E-state index contributed by atoms with van der Waals surface area (Å²) >= 11 is 0. The molecule has 4 aliphatic carbocycles. The van der Waals surface area contributed by atoms with Crippen molar-refractivity contribution in [3.8, 4) is 41.1 Å². The molecule has 0 unspecified atom stereocenters. The maximum atomic E-state index is 13.9. The summed E-state index contributed by atoms with van der Waals surface area (Å²) in [4.78, 5) is 21.2. The first-order valence-electron chi connectivity index (χ1n) is 25.2. The number of aliphatic hydroxyl groups is 3. The fourth-order valence-corrected chi connectivity index (χ4v) is 16.6. The van der Waals surface area contributed by atoms with Gasteiger partial charge in [-0.3, -0.25) is 15.1 Å². The Labute approximate surface area is 407 Å². The number of nitrogens with zero attached hydrogens (tertiary/aromatic N) is 2. The molecule has 2 saturated carbocycles. The summed E-state index contributed by atoms with van der Waals surface area (Å²) in [6.45, 7) is 1.19. The zero-order valence-electron chi connectivity index (χ0n) is 38.6. The smallest absolute Gasteiger partial charge is 0.187 e. The van der Waals surface area contributed by atoms with Crippen molar-refractivity contribution in [1.29, 1.82) is 0 Å². The Bertz CT molecular complexity index is 2660. The van der Waals surface area contributed by atoms with Gasteiger partial charge in [-0.25, -0.2) is 0 Å². The predicted octanol–water partition coefficient (Wildman–Crippen LogP) is 7.87. The standard InChI is InChI=1S/C55H62N4O7S2/c56-52-38-13-12-37-44(61)15-14-42-53-59-26-40-39(25-57-43(40)27-59)35-16-19-55(29-58-52,50(38)49(35)37)30-68-67-28-41-34(47(64)24-48(51(41)66-53)65-21-20-54(42)17-4-5-18-54)11-9-33(60)23-46(63)36-10-8-32(22-45(36)62)31-6-2-1-3-7-31/h8,10,12-13,24-26,31-32,35-36,42,44-46,52-53,58,61-64H,1-7,9,11,16-19,22-23,27-30,56H2/t32-,35+,36-,42+,44+,45-,46+,52-,53+,55+/m1/s1. The summed E-state index contributed by atoms with van der Waals surface area (Å²) in [5.41, 5.74) is 14.8. The van der Waals surface area contributed by atoms with E-state index in [0.717, 1.165) is 83.4 Å². The number of carbonyl (C=O) groups is 1. The molecule has 356 valence electrons. The van der Waals surface area contributed by atoms with Crippen molar-refractivity contribution in [3.05, 3.63) is 87.3 Å². The summed E-state index contributed by atoms with van der Waals surface area (Å²) < 4.78 is 13.9. The molecule has 2 aromatic rings. The Morgan fingerprint density at radius 1 is 1.04 bits per heavy atom. The van der Waals surface area contributed by atoms with Gasteiger partial charge in [0.25, 0.3) is 0 Å². The SMILES string of the molecule is N[C@@H]1NC[C@@]23CC[C@H]4C5=CN=C6CN(C=C56)[C@H]5Oc6c(cc(O)c(CCC(=O)C[C@H](O)[C@@H]7C=C[C@@H](C8CCCCC8)C[C@H]7O)c6CSSC2)OC#CC2(CCCC2)[C@H]5C#C[C@H](O)c2ccc1c3c24. The van der Waals surface area contributed by atoms with Crippen LogP contribution in [0.5, 0.6) is 17.2 Å². The number of benzene rings is 2. The number of nitrogens with one attached hydrogen (secondary N) is 1. The first-order chi connectivity index (χ1) is 33.1. The molecule has 14 rings (SSSR count). The van der Waals surface area contributed by atoms with E-state index in [-0.39, 0.29) is 48.3 Å². The maximum Gasteiger partial charge on any atom is 0.187 e. The highest BCUT2D eigenvalue weighted by molar-refractivity contribution is 8.76. The average Bonchev–Trinajstić information content (AvgIpc) is 4.10. The minimum Gasteiger partial charge on any atom is -0.508 e. The minimum absolute atomic E-state index is 0.00516. The number of rotatable bonds is 7. The van der Waals surface area contributed by atoms with Gasteiger partial charge >= 0.3 is 0 Å². The molecule has 2 fully saturated rings. The third kappa shape index (κ3) is 7.66. The maximum absolute atomic E-state index is 13.9. The van der Waals surface area contributed by atoms with Crippen LogP contribution in [0.3, 0.4) is 0 Å². The van der Waals surface area contributed by atoms with Crippen LogP contribution in [0.25, 0.3) is 0 Å². The Hall–Kier alpha value is -4.18. The van der Waals surface area contributed by atoms with Crippen molar-refractivity contribution < 1.29 is 34.7 Å². The molecule has 13 heteroatoms. The van der Waals surface area contributed by atoms with Crippen molar-refractivity contribution in [2.24, 2.45) is 39.8 Å². The first-order valence-corrected chi connectivity index (χ1v) is 27.7. The van der Waals surface area contributed by atoms with Gasteiger partial charge in [-0.1, -0.05) is 95.7 Å². The van der Waals surface area contributed by atoms with E-state index in [4.69, 9.17) is 20.2 Å². The fraction of sp³-hybridized carbons (Fsp3) is 0.564. The van der Waals surface area contributed by atoms with E-state index < -0.39 is 41.8 Å². The van der Waals surface area contributed by atoms with E-state index in [2.05, 4.69) is 52.4 Å². The van der Waals surface area contributed by atoms with Gasteiger partial charge in [-0.05, 0) is 91.0 Å². The van der Waals surface area contributed by atoms with Gasteiger partial charge < -0.3 is 40.5 Å². The number of ether oxygens (including phenoxy) is 2. The second-order valence-electron chi connectivity index (χ2n) is 21.3. The van der Waals surface area contributed by atoms with Crippen LogP contribution in [0, 0.1) is 53.0 Å². The number of hydrogen-bond acceptors (Lipinski definition) is 13. The lowest BCUT2D eigenvalue weighted by molar-refractivity contribution is -0.122. The highest BCUT2D eigenvalue weighted by atomic mass is 33.1. The van der Waals surface area contributed by atoms with Crippen LogP contribution in [-0.2, 0) is 22.4 Å². The Balaban J connectivity index is 0.942. The molecule has 10 bridgehead atoms. The van der Waals surface area contributed by atoms with Gasteiger partial charge in [0.2, 0.25) is 0 Å². The number of phenols is 1. The Morgan fingerprint density at radius 2 is 1.88 bits per heavy atom. The largest absolute Gasteiger partial charge is 0.508 e. The van der Waals surface area contributed by atoms with E-state index in [0.29, 0.717) is 54.2 Å². The molecular weight excluding hydrogens is 893 g/mol.